The first kappa shape index (κ1) is 10.3. The van der Waals surface area contributed by atoms with Crippen molar-refractivity contribution in [3.63, 3.8) is 0 Å². The van der Waals surface area contributed by atoms with Crippen LogP contribution in [0.25, 0.3) is 11.2 Å². The third-order valence-electron chi connectivity index (χ3n) is 3.29. The first-order valence-corrected chi connectivity index (χ1v) is 5.56. The summed E-state index contributed by atoms with van der Waals surface area (Å²) in [7, 11) is 0. The fourth-order valence-corrected chi connectivity index (χ4v) is 2.13. The van der Waals surface area contributed by atoms with Crippen molar-refractivity contribution in [2.45, 2.75) is 32.0 Å². The lowest BCUT2D eigenvalue weighted by atomic mass is 9.93. The fourth-order valence-electron chi connectivity index (χ4n) is 2.13. The molecule has 17 heavy (non-hydrogen) atoms. The number of imidazole rings is 1. The molecule has 90 valence electrons. The van der Waals surface area contributed by atoms with Gasteiger partial charge in [0.1, 0.15) is 6.73 Å². The maximum absolute atomic E-state index is 12.2. The maximum Gasteiger partial charge on any atom is 0.283 e. The Balaban J connectivity index is 2.28. The first-order valence-electron chi connectivity index (χ1n) is 5.56. The molecule has 2 heterocycles. The standard InChI is InChI=1S/C10H13N5O2/c11-10-13-8-7(12-4-14(8)5-16)9(17)15(10)6-2-1-3-6/h4,6,16H,1-3,5H2,(H2,11,13). The van der Waals surface area contributed by atoms with Crippen LogP contribution in [0, 0.1) is 0 Å². The number of aliphatic hydroxyl groups excluding tert-OH is 1. The zero-order chi connectivity index (χ0) is 12.0. The van der Waals surface area contributed by atoms with Crippen LogP contribution in [0.1, 0.15) is 25.3 Å². The van der Waals surface area contributed by atoms with Gasteiger partial charge in [0.2, 0.25) is 5.95 Å². The molecular weight excluding hydrogens is 222 g/mol. The Morgan fingerprint density at radius 1 is 1.53 bits per heavy atom. The molecule has 1 saturated carbocycles. The third-order valence-corrected chi connectivity index (χ3v) is 3.29. The van der Waals surface area contributed by atoms with Crippen LogP contribution < -0.4 is 11.3 Å². The van der Waals surface area contributed by atoms with Gasteiger partial charge in [0.15, 0.2) is 11.2 Å². The van der Waals surface area contributed by atoms with Crippen LogP contribution in [0.5, 0.6) is 0 Å². The van der Waals surface area contributed by atoms with E-state index in [1.54, 1.807) is 0 Å². The lowest BCUT2D eigenvalue weighted by molar-refractivity contribution is 0.214. The summed E-state index contributed by atoms with van der Waals surface area (Å²) in [4.78, 5) is 20.3. The Bertz CT molecular complexity index is 625. The normalized spacial score (nSPS) is 16.3. The molecule has 0 bridgehead atoms. The minimum absolute atomic E-state index is 0.152. The molecule has 7 nitrogen and oxygen atoms in total. The summed E-state index contributed by atoms with van der Waals surface area (Å²) < 4.78 is 2.90. The van der Waals surface area contributed by atoms with E-state index < -0.39 is 0 Å². The van der Waals surface area contributed by atoms with Gasteiger partial charge in [0, 0.05) is 6.04 Å². The van der Waals surface area contributed by atoms with Gasteiger partial charge in [-0.2, -0.15) is 4.98 Å². The highest BCUT2D eigenvalue weighted by Gasteiger charge is 2.24. The van der Waals surface area contributed by atoms with Crippen LogP contribution in [0.2, 0.25) is 0 Å². The number of hydrogen-bond acceptors (Lipinski definition) is 5. The van der Waals surface area contributed by atoms with Crippen molar-refractivity contribution in [2.24, 2.45) is 0 Å². The Labute approximate surface area is 96.5 Å². The number of rotatable bonds is 2. The highest BCUT2D eigenvalue weighted by molar-refractivity contribution is 5.70. The molecule has 0 spiro atoms. The SMILES string of the molecule is Nc1nc2c(ncn2CO)c(=O)n1C1CCC1. The van der Waals surface area contributed by atoms with Crippen LogP contribution in [0.15, 0.2) is 11.1 Å². The lowest BCUT2D eigenvalue weighted by Gasteiger charge is -2.28. The molecular formula is C10H13N5O2. The molecule has 3 N–H and O–H groups in total. The lowest BCUT2D eigenvalue weighted by Crippen LogP contribution is -2.32. The molecule has 7 heteroatoms. The van der Waals surface area contributed by atoms with Crippen LogP contribution in [0.3, 0.4) is 0 Å². The Morgan fingerprint density at radius 2 is 2.29 bits per heavy atom. The topological polar surface area (TPSA) is 99.0 Å². The van der Waals surface area contributed by atoms with Gasteiger partial charge in [0.05, 0.1) is 6.33 Å². The Kier molecular flexibility index (Phi) is 2.15. The second-order valence-electron chi connectivity index (χ2n) is 4.26. The summed E-state index contributed by atoms with van der Waals surface area (Å²) in [6, 6.07) is 0.152. The van der Waals surface area contributed by atoms with Gasteiger partial charge in [-0.3, -0.25) is 13.9 Å². The van der Waals surface area contributed by atoms with E-state index >= 15 is 0 Å². The van der Waals surface area contributed by atoms with E-state index in [1.165, 1.54) is 15.5 Å². The number of aromatic nitrogens is 4. The van der Waals surface area contributed by atoms with Crippen LogP contribution in [0.4, 0.5) is 5.95 Å². The van der Waals surface area contributed by atoms with Gasteiger partial charge < -0.3 is 10.8 Å². The second kappa shape index (κ2) is 3.56. The van der Waals surface area contributed by atoms with E-state index in [-0.39, 0.29) is 29.8 Å². The summed E-state index contributed by atoms with van der Waals surface area (Å²) in [5.74, 6) is 0.197. The Hall–Kier alpha value is -1.89. The van der Waals surface area contributed by atoms with Crippen LogP contribution in [-0.4, -0.2) is 24.2 Å². The van der Waals surface area contributed by atoms with E-state index in [1.807, 2.05) is 0 Å². The van der Waals surface area contributed by atoms with Gasteiger partial charge in [-0.15, -0.1) is 0 Å². The zero-order valence-corrected chi connectivity index (χ0v) is 9.20. The van der Waals surface area contributed by atoms with Gasteiger partial charge in [-0.05, 0) is 19.3 Å². The van der Waals surface area contributed by atoms with Gasteiger partial charge in [-0.25, -0.2) is 4.98 Å². The number of aliphatic hydroxyl groups is 1. The predicted molar refractivity (Wildman–Crippen MR) is 61.3 cm³/mol. The van der Waals surface area contributed by atoms with E-state index in [2.05, 4.69) is 9.97 Å². The molecule has 0 saturated heterocycles. The second-order valence-corrected chi connectivity index (χ2v) is 4.26. The van der Waals surface area contributed by atoms with Gasteiger partial charge >= 0.3 is 0 Å². The fraction of sp³-hybridized carbons (Fsp3) is 0.500. The van der Waals surface area contributed by atoms with Crippen molar-refractivity contribution in [1.82, 2.24) is 19.1 Å². The summed E-state index contributed by atoms with van der Waals surface area (Å²) in [6.45, 7) is -0.268. The number of anilines is 1. The molecule has 0 aliphatic heterocycles. The highest BCUT2D eigenvalue weighted by atomic mass is 16.3. The molecule has 2 aromatic rings. The van der Waals surface area contributed by atoms with Crippen molar-refractivity contribution in [3.8, 4) is 0 Å². The number of nitrogens with two attached hydrogens (primary N) is 1. The number of fused-ring (bicyclic) bond motifs is 1. The quantitative estimate of drug-likeness (QED) is 0.754. The monoisotopic (exact) mass is 235 g/mol. The summed E-state index contributed by atoms with van der Waals surface area (Å²) in [5.41, 5.74) is 6.19. The van der Waals surface area contributed by atoms with Gasteiger partial charge in [-0.1, -0.05) is 0 Å². The maximum atomic E-state index is 12.2. The predicted octanol–water partition coefficient (Wildman–Crippen LogP) is -0.150. The molecule has 2 aromatic heterocycles. The number of hydrogen-bond donors (Lipinski definition) is 2. The summed E-state index contributed by atoms with van der Waals surface area (Å²) in [5, 5.41) is 9.08. The first-order chi connectivity index (χ1) is 8.22. The summed E-state index contributed by atoms with van der Waals surface area (Å²) in [6.07, 6.45) is 4.42. The number of nitrogen functional groups attached to an aromatic ring is 1. The average Bonchev–Trinajstić information content (AvgIpc) is 2.64. The summed E-state index contributed by atoms with van der Waals surface area (Å²) >= 11 is 0. The zero-order valence-electron chi connectivity index (χ0n) is 9.20. The number of nitrogens with zero attached hydrogens (tertiary/aromatic N) is 4. The van der Waals surface area contributed by atoms with Gasteiger partial charge in [0.25, 0.3) is 5.56 Å². The van der Waals surface area contributed by atoms with E-state index in [0.29, 0.717) is 5.65 Å². The molecule has 0 unspecified atom stereocenters. The van der Waals surface area contributed by atoms with Crippen molar-refractivity contribution < 1.29 is 5.11 Å². The Morgan fingerprint density at radius 3 is 2.88 bits per heavy atom. The molecule has 0 aromatic carbocycles. The van der Waals surface area contributed by atoms with E-state index in [4.69, 9.17) is 10.8 Å². The minimum atomic E-state index is -0.268. The molecule has 0 atom stereocenters. The molecule has 0 radical (unpaired) electrons. The largest absolute Gasteiger partial charge is 0.376 e. The smallest absolute Gasteiger partial charge is 0.283 e. The molecule has 0 amide bonds. The average molecular weight is 235 g/mol. The van der Waals surface area contributed by atoms with Crippen molar-refractivity contribution in [2.75, 3.05) is 5.73 Å². The molecule has 1 fully saturated rings. The van der Waals surface area contributed by atoms with Crippen LogP contribution >= 0.6 is 0 Å². The molecule has 1 aliphatic carbocycles. The highest BCUT2D eigenvalue weighted by Crippen LogP contribution is 2.31. The van der Waals surface area contributed by atoms with E-state index in [0.717, 1.165) is 19.3 Å². The van der Waals surface area contributed by atoms with Crippen molar-refractivity contribution >= 4 is 17.1 Å². The minimum Gasteiger partial charge on any atom is -0.376 e. The third kappa shape index (κ3) is 1.35. The van der Waals surface area contributed by atoms with Crippen molar-refractivity contribution in [3.05, 3.63) is 16.7 Å². The van der Waals surface area contributed by atoms with Crippen LogP contribution in [-0.2, 0) is 6.73 Å². The van der Waals surface area contributed by atoms with E-state index in [9.17, 15) is 4.79 Å². The van der Waals surface area contributed by atoms with Crippen molar-refractivity contribution in [1.29, 1.82) is 0 Å². The molecule has 1 aliphatic rings. The molecule has 3 rings (SSSR count).